The van der Waals surface area contributed by atoms with Crippen LogP contribution in [0.5, 0.6) is 0 Å². The highest BCUT2D eigenvalue weighted by molar-refractivity contribution is 5.96. The third kappa shape index (κ3) is 3.97. The van der Waals surface area contributed by atoms with E-state index in [2.05, 4.69) is 37.4 Å². The molecule has 0 spiro atoms. The molecular formula is C22H23F3N8O. The van der Waals surface area contributed by atoms with Crippen LogP contribution in [0.2, 0.25) is 0 Å². The van der Waals surface area contributed by atoms with Gasteiger partial charge in [0.1, 0.15) is 11.5 Å². The number of carbonyl (C=O) groups excluding carboxylic acids is 1. The molecule has 0 radical (unpaired) electrons. The second-order valence-corrected chi connectivity index (χ2v) is 8.83. The average Bonchev–Trinajstić information content (AvgIpc) is 3.31. The fourth-order valence-corrected chi connectivity index (χ4v) is 4.83. The van der Waals surface area contributed by atoms with Gasteiger partial charge in [0.25, 0.3) is 5.91 Å². The Morgan fingerprint density at radius 2 is 1.88 bits per heavy atom. The Morgan fingerprint density at radius 3 is 2.53 bits per heavy atom. The van der Waals surface area contributed by atoms with Gasteiger partial charge < -0.3 is 10.2 Å². The molecule has 5 heterocycles. The maximum absolute atomic E-state index is 13.8. The Balaban J connectivity index is 1.40. The number of piperidine rings is 2. The lowest BCUT2D eigenvalue weighted by Gasteiger charge is -2.57. The topological polar surface area (TPSA) is 102 Å². The molecule has 1 aliphatic carbocycles. The summed E-state index contributed by atoms with van der Waals surface area (Å²) in [5.41, 5.74) is 0.418. The molecule has 1 N–H and O–H groups in total. The number of pyridine rings is 1. The highest BCUT2D eigenvalue weighted by atomic mass is 19.4. The first kappa shape index (κ1) is 22.2. The van der Waals surface area contributed by atoms with E-state index < -0.39 is 11.9 Å². The van der Waals surface area contributed by atoms with Crippen molar-refractivity contribution in [1.82, 2.24) is 34.8 Å². The molecule has 3 aliphatic rings. The molecule has 3 fully saturated rings. The van der Waals surface area contributed by atoms with Crippen LogP contribution in [0, 0.1) is 18.8 Å². The molecule has 2 aliphatic heterocycles. The zero-order valence-electron chi connectivity index (χ0n) is 18.6. The molecule has 9 nitrogen and oxygen atoms in total. The largest absolute Gasteiger partial charge is 0.434 e. The van der Waals surface area contributed by atoms with Gasteiger partial charge in [-0.15, -0.1) is 4.80 Å². The molecule has 178 valence electrons. The summed E-state index contributed by atoms with van der Waals surface area (Å²) in [6.07, 6.45) is 2.13. The summed E-state index contributed by atoms with van der Waals surface area (Å²) in [4.78, 5) is 28.9. The lowest BCUT2D eigenvalue weighted by molar-refractivity contribution is -0.141. The van der Waals surface area contributed by atoms with E-state index in [4.69, 9.17) is 0 Å². The number of anilines is 1. The van der Waals surface area contributed by atoms with Crippen molar-refractivity contribution in [2.45, 2.75) is 44.9 Å². The Morgan fingerprint density at radius 1 is 1.15 bits per heavy atom. The number of rotatable bonds is 5. The number of halogens is 3. The molecule has 12 heteroatoms. The minimum Gasteiger partial charge on any atom is -0.367 e. The maximum Gasteiger partial charge on any atom is 0.434 e. The van der Waals surface area contributed by atoms with Gasteiger partial charge >= 0.3 is 6.18 Å². The van der Waals surface area contributed by atoms with Crippen LogP contribution in [-0.4, -0.2) is 59.4 Å². The number of aromatic nitrogens is 6. The van der Waals surface area contributed by atoms with Gasteiger partial charge in [-0.25, -0.2) is 15.0 Å². The van der Waals surface area contributed by atoms with Crippen molar-refractivity contribution in [3.05, 3.63) is 54.0 Å². The minimum absolute atomic E-state index is 0.0833. The molecule has 6 rings (SSSR count). The summed E-state index contributed by atoms with van der Waals surface area (Å²) in [7, 11) is 0. The first-order valence-electron chi connectivity index (χ1n) is 11.0. The van der Waals surface area contributed by atoms with Crippen LogP contribution < -0.4 is 5.32 Å². The van der Waals surface area contributed by atoms with Gasteiger partial charge in [-0.1, -0.05) is 6.92 Å². The van der Waals surface area contributed by atoms with Crippen LogP contribution in [0.1, 0.15) is 41.6 Å². The molecule has 3 aromatic heterocycles. The SMILES string of the molecule is Cc1ccc(-n2nccn2)c(C(=O)N2C3CC(C3)C(C)C2CNc2cnc(C(F)(F)F)cn2)n1. The number of hydrogen-bond acceptors (Lipinski definition) is 7. The van der Waals surface area contributed by atoms with Gasteiger partial charge in [0.05, 0.1) is 30.8 Å². The number of hydrogen-bond donors (Lipinski definition) is 1. The van der Waals surface area contributed by atoms with E-state index >= 15 is 0 Å². The highest BCUT2D eigenvalue weighted by Gasteiger charge is 2.51. The maximum atomic E-state index is 13.8. The van der Waals surface area contributed by atoms with Crippen molar-refractivity contribution in [3.8, 4) is 5.69 Å². The lowest BCUT2D eigenvalue weighted by atomic mass is 9.64. The second-order valence-electron chi connectivity index (χ2n) is 8.83. The highest BCUT2D eigenvalue weighted by Crippen LogP contribution is 2.47. The zero-order valence-corrected chi connectivity index (χ0v) is 18.6. The third-order valence-electron chi connectivity index (χ3n) is 6.77. The van der Waals surface area contributed by atoms with Gasteiger partial charge in [-0.05, 0) is 43.7 Å². The summed E-state index contributed by atoms with van der Waals surface area (Å²) < 4.78 is 38.3. The van der Waals surface area contributed by atoms with E-state index in [1.54, 1.807) is 12.1 Å². The number of nitrogens with one attached hydrogen (secondary N) is 1. The van der Waals surface area contributed by atoms with E-state index in [0.717, 1.165) is 19.0 Å². The van der Waals surface area contributed by atoms with Gasteiger partial charge in [-0.2, -0.15) is 23.4 Å². The van der Waals surface area contributed by atoms with Crippen molar-refractivity contribution in [2.75, 3.05) is 11.9 Å². The van der Waals surface area contributed by atoms with Crippen LogP contribution in [0.3, 0.4) is 0 Å². The van der Waals surface area contributed by atoms with E-state index in [0.29, 0.717) is 30.0 Å². The molecular weight excluding hydrogens is 449 g/mol. The van der Waals surface area contributed by atoms with Gasteiger partial charge in [-0.3, -0.25) is 4.79 Å². The minimum atomic E-state index is -4.55. The summed E-state index contributed by atoms with van der Waals surface area (Å²) in [6.45, 7) is 4.25. The van der Waals surface area contributed by atoms with Crippen LogP contribution in [-0.2, 0) is 6.18 Å². The van der Waals surface area contributed by atoms with Crippen molar-refractivity contribution < 1.29 is 18.0 Å². The zero-order chi connectivity index (χ0) is 24.0. The standard InChI is InChI=1S/C22H23F3N8O/c1-12-3-4-16(33-29-5-6-30-33)20(31-12)21(34)32-15-7-14(8-15)13(2)17(32)9-27-19-11-26-18(10-28-19)22(23,24)25/h3-6,10-11,13-15,17H,7-9H2,1-2H3,(H,27,28). The van der Waals surface area contributed by atoms with Crippen LogP contribution >= 0.6 is 0 Å². The van der Waals surface area contributed by atoms with Crippen LogP contribution in [0.25, 0.3) is 5.69 Å². The van der Waals surface area contributed by atoms with Crippen LogP contribution in [0.15, 0.2) is 36.9 Å². The van der Waals surface area contributed by atoms with Crippen LogP contribution in [0.4, 0.5) is 19.0 Å². The molecule has 3 aromatic rings. The molecule has 2 atom stereocenters. The summed E-state index contributed by atoms with van der Waals surface area (Å²) in [5, 5.41) is 11.4. The number of alkyl halides is 3. The number of carbonyl (C=O) groups is 1. The van der Waals surface area contributed by atoms with Gasteiger partial charge in [0.2, 0.25) is 0 Å². The Kier molecular flexibility index (Phi) is 5.45. The van der Waals surface area contributed by atoms with Crippen molar-refractivity contribution in [1.29, 1.82) is 0 Å². The van der Waals surface area contributed by atoms with Crippen molar-refractivity contribution in [2.24, 2.45) is 11.8 Å². The molecule has 1 amide bonds. The fraction of sp³-hybridized carbons (Fsp3) is 0.455. The molecule has 0 aromatic carbocycles. The number of nitrogens with zero attached hydrogens (tertiary/aromatic N) is 7. The number of aryl methyl sites for hydroxylation is 1. The molecule has 2 unspecified atom stereocenters. The third-order valence-corrected chi connectivity index (χ3v) is 6.77. The summed E-state index contributed by atoms with van der Waals surface area (Å²) in [6, 6.07) is 3.47. The Bertz CT molecular complexity index is 1180. The van der Waals surface area contributed by atoms with E-state index in [-0.39, 0.29) is 35.4 Å². The average molecular weight is 472 g/mol. The van der Waals surface area contributed by atoms with E-state index in [9.17, 15) is 18.0 Å². The summed E-state index contributed by atoms with van der Waals surface area (Å²) >= 11 is 0. The molecule has 34 heavy (non-hydrogen) atoms. The first-order valence-corrected chi connectivity index (χ1v) is 11.0. The predicted molar refractivity (Wildman–Crippen MR) is 115 cm³/mol. The van der Waals surface area contributed by atoms with E-state index in [1.165, 1.54) is 17.2 Å². The smallest absolute Gasteiger partial charge is 0.367 e. The first-order chi connectivity index (χ1) is 16.2. The van der Waals surface area contributed by atoms with Crippen molar-refractivity contribution >= 4 is 11.7 Å². The molecule has 2 saturated heterocycles. The quantitative estimate of drug-likeness (QED) is 0.609. The Labute approximate surface area is 193 Å². The number of amides is 1. The van der Waals surface area contributed by atoms with Gasteiger partial charge in [0.15, 0.2) is 11.4 Å². The lowest BCUT2D eigenvalue weighted by Crippen LogP contribution is -2.64. The molecule has 2 bridgehead atoms. The number of fused-ring (bicyclic) bond motifs is 2. The fourth-order valence-electron chi connectivity index (χ4n) is 4.83. The monoisotopic (exact) mass is 472 g/mol. The van der Waals surface area contributed by atoms with Gasteiger partial charge in [0, 0.05) is 18.3 Å². The normalized spacial score (nSPS) is 24.0. The molecule has 1 saturated carbocycles. The second kappa shape index (κ2) is 8.33. The summed E-state index contributed by atoms with van der Waals surface area (Å²) in [5.74, 6) is 0.704. The van der Waals surface area contributed by atoms with Crippen molar-refractivity contribution in [3.63, 3.8) is 0 Å². The predicted octanol–water partition coefficient (Wildman–Crippen LogP) is 3.13. The van der Waals surface area contributed by atoms with E-state index in [1.807, 2.05) is 11.8 Å². The Hall–Kier alpha value is -3.57.